The third kappa shape index (κ3) is 3.16. The number of ether oxygens (including phenoxy) is 2. The molecule has 3 fully saturated rings. The quantitative estimate of drug-likeness (QED) is 0.805. The molecule has 21 heavy (non-hydrogen) atoms. The topological polar surface area (TPSA) is 44.5 Å². The molecule has 0 amide bonds. The predicted molar refractivity (Wildman–Crippen MR) is 85.2 cm³/mol. The van der Waals surface area contributed by atoms with Crippen molar-refractivity contribution in [2.45, 2.75) is 77.4 Å². The molecular weight excluding hydrogens is 262 g/mol. The molecule has 3 rings (SSSR count). The molecule has 0 bridgehead atoms. The average molecular weight is 295 g/mol. The molecule has 0 aromatic rings. The lowest BCUT2D eigenvalue weighted by molar-refractivity contribution is -0.122. The molecule has 2 saturated heterocycles. The molecule has 2 heterocycles. The van der Waals surface area contributed by atoms with Crippen LogP contribution in [0.15, 0.2) is 0 Å². The molecule has 2 N–H and O–H groups in total. The summed E-state index contributed by atoms with van der Waals surface area (Å²) in [6.45, 7) is 12.0. The van der Waals surface area contributed by atoms with Gasteiger partial charge in [0, 0.05) is 25.2 Å². The summed E-state index contributed by atoms with van der Waals surface area (Å²) in [4.78, 5) is 0. The van der Waals surface area contributed by atoms with Gasteiger partial charge in [0.05, 0.1) is 12.2 Å². The largest absolute Gasteiger partial charge is 0.378 e. The molecule has 122 valence electrons. The van der Waals surface area contributed by atoms with Crippen LogP contribution < -0.4 is 5.73 Å². The molecule has 0 aromatic carbocycles. The summed E-state index contributed by atoms with van der Waals surface area (Å²) in [5, 5.41) is 0. The predicted octanol–water partition coefficient (Wildman–Crippen LogP) is 3.51. The van der Waals surface area contributed by atoms with E-state index in [0.29, 0.717) is 16.7 Å². The molecule has 1 saturated carbocycles. The second-order valence-electron chi connectivity index (χ2n) is 9.62. The standard InChI is InChI=1S/C18H33NO2/c1-15(2)10-16(3,4)12-18(19,11-15)14-5-7-21-17(9-14)6-8-20-13-17/h14H,5-13,19H2,1-4H3. The third-order valence-corrected chi connectivity index (χ3v) is 5.95. The summed E-state index contributed by atoms with van der Waals surface area (Å²) in [6, 6.07) is 0. The fraction of sp³-hybridized carbons (Fsp3) is 1.00. The minimum atomic E-state index is -0.0371. The molecule has 3 nitrogen and oxygen atoms in total. The molecule has 2 aliphatic heterocycles. The van der Waals surface area contributed by atoms with Crippen molar-refractivity contribution in [1.82, 2.24) is 0 Å². The summed E-state index contributed by atoms with van der Waals surface area (Å²) in [6.07, 6.45) is 6.82. The van der Waals surface area contributed by atoms with Crippen LogP contribution in [0.5, 0.6) is 0 Å². The third-order valence-electron chi connectivity index (χ3n) is 5.95. The second kappa shape index (κ2) is 4.94. The first kappa shape index (κ1) is 15.8. The maximum absolute atomic E-state index is 7.04. The number of hydrogen-bond acceptors (Lipinski definition) is 3. The first-order valence-electron chi connectivity index (χ1n) is 8.65. The molecule has 1 aliphatic carbocycles. The van der Waals surface area contributed by atoms with Crippen LogP contribution in [0.3, 0.4) is 0 Å². The Hall–Kier alpha value is -0.120. The van der Waals surface area contributed by atoms with Gasteiger partial charge in [-0.05, 0) is 48.9 Å². The van der Waals surface area contributed by atoms with Crippen molar-refractivity contribution in [1.29, 1.82) is 0 Å². The Morgan fingerprint density at radius 1 is 0.952 bits per heavy atom. The van der Waals surface area contributed by atoms with Crippen molar-refractivity contribution in [3.05, 3.63) is 0 Å². The van der Waals surface area contributed by atoms with Crippen LogP contribution >= 0.6 is 0 Å². The Balaban J connectivity index is 1.80. The van der Waals surface area contributed by atoms with E-state index in [1.54, 1.807) is 0 Å². The lowest BCUT2D eigenvalue weighted by atomic mass is 9.54. The van der Waals surface area contributed by atoms with Crippen molar-refractivity contribution in [3.8, 4) is 0 Å². The van der Waals surface area contributed by atoms with Crippen LogP contribution in [0, 0.1) is 16.7 Å². The van der Waals surface area contributed by atoms with E-state index in [2.05, 4.69) is 27.7 Å². The van der Waals surface area contributed by atoms with Crippen LogP contribution in [0.2, 0.25) is 0 Å². The second-order valence-corrected chi connectivity index (χ2v) is 9.62. The Kier molecular flexibility index (Phi) is 3.71. The minimum Gasteiger partial charge on any atom is -0.378 e. The first-order valence-corrected chi connectivity index (χ1v) is 8.65. The van der Waals surface area contributed by atoms with E-state index in [0.717, 1.165) is 51.9 Å². The van der Waals surface area contributed by atoms with Gasteiger partial charge in [-0.3, -0.25) is 0 Å². The van der Waals surface area contributed by atoms with Gasteiger partial charge < -0.3 is 15.2 Å². The van der Waals surface area contributed by atoms with Crippen LogP contribution in [0.1, 0.15) is 66.2 Å². The maximum Gasteiger partial charge on any atom is 0.0940 e. The highest BCUT2D eigenvalue weighted by Gasteiger charge is 2.52. The monoisotopic (exact) mass is 295 g/mol. The first-order chi connectivity index (χ1) is 9.64. The summed E-state index contributed by atoms with van der Waals surface area (Å²) in [5.41, 5.74) is 7.66. The number of rotatable bonds is 1. The number of hydrogen-bond donors (Lipinski definition) is 1. The lowest BCUT2D eigenvalue weighted by Crippen LogP contribution is -2.59. The van der Waals surface area contributed by atoms with Gasteiger partial charge in [0.15, 0.2) is 0 Å². The Bertz CT molecular complexity index is 380. The smallest absolute Gasteiger partial charge is 0.0940 e. The summed E-state index contributed by atoms with van der Waals surface area (Å²) in [5.74, 6) is 0.576. The van der Waals surface area contributed by atoms with Gasteiger partial charge in [-0.25, -0.2) is 0 Å². The molecule has 0 radical (unpaired) electrons. The van der Waals surface area contributed by atoms with E-state index in [9.17, 15) is 0 Å². The van der Waals surface area contributed by atoms with Gasteiger partial charge in [0.1, 0.15) is 0 Å². The highest BCUT2D eigenvalue weighted by Crippen LogP contribution is 2.54. The fourth-order valence-corrected chi connectivity index (χ4v) is 5.94. The summed E-state index contributed by atoms with van der Waals surface area (Å²) >= 11 is 0. The van der Waals surface area contributed by atoms with Crippen molar-refractivity contribution >= 4 is 0 Å². The Morgan fingerprint density at radius 3 is 2.19 bits per heavy atom. The van der Waals surface area contributed by atoms with E-state index in [-0.39, 0.29) is 11.1 Å². The molecular formula is C18H33NO2. The van der Waals surface area contributed by atoms with Crippen molar-refractivity contribution in [2.75, 3.05) is 19.8 Å². The lowest BCUT2D eigenvalue weighted by Gasteiger charge is -2.55. The van der Waals surface area contributed by atoms with Gasteiger partial charge in [0.2, 0.25) is 0 Å². The normalized spacial score (nSPS) is 41.3. The zero-order chi connectivity index (χ0) is 15.4. The summed E-state index contributed by atoms with van der Waals surface area (Å²) < 4.78 is 11.7. The van der Waals surface area contributed by atoms with Crippen LogP contribution in [0.25, 0.3) is 0 Å². The van der Waals surface area contributed by atoms with Crippen molar-refractivity contribution in [3.63, 3.8) is 0 Å². The molecule has 0 aromatic heterocycles. The van der Waals surface area contributed by atoms with E-state index in [1.165, 1.54) is 6.42 Å². The molecule has 2 atom stereocenters. The highest BCUT2D eigenvalue weighted by molar-refractivity contribution is 5.07. The van der Waals surface area contributed by atoms with Gasteiger partial charge in [0.25, 0.3) is 0 Å². The maximum atomic E-state index is 7.04. The van der Waals surface area contributed by atoms with Gasteiger partial charge in [-0.2, -0.15) is 0 Å². The number of nitrogens with two attached hydrogens (primary N) is 1. The fourth-order valence-electron chi connectivity index (χ4n) is 5.94. The molecule has 3 heteroatoms. The van der Waals surface area contributed by atoms with Crippen LogP contribution in [0.4, 0.5) is 0 Å². The van der Waals surface area contributed by atoms with Crippen LogP contribution in [-0.4, -0.2) is 31.0 Å². The highest BCUT2D eigenvalue weighted by atomic mass is 16.6. The van der Waals surface area contributed by atoms with E-state index in [1.807, 2.05) is 0 Å². The van der Waals surface area contributed by atoms with Crippen LogP contribution in [-0.2, 0) is 9.47 Å². The Labute approximate surface area is 129 Å². The molecule has 1 spiro atoms. The van der Waals surface area contributed by atoms with E-state index >= 15 is 0 Å². The zero-order valence-corrected chi connectivity index (χ0v) is 14.3. The average Bonchev–Trinajstić information content (AvgIpc) is 2.72. The van der Waals surface area contributed by atoms with E-state index < -0.39 is 0 Å². The Morgan fingerprint density at radius 2 is 1.62 bits per heavy atom. The molecule has 2 unspecified atom stereocenters. The van der Waals surface area contributed by atoms with Gasteiger partial charge >= 0.3 is 0 Å². The SMILES string of the molecule is CC1(C)CC(C)(C)CC(N)(C2CCOC3(CCOC3)C2)C1. The zero-order valence-electron chi connectivity index (χ0n) is 14.3. The van der Waals surface area contributed by atoms with Gasteiger partial charge in [-0.15, -0.1) is 0 Å². The summed E-state index contributed by atoms with van der Waals surface area (Å²) in [7, 11) is 0. The van der Waals surface area contributed by atoms with Crippen molar-refractivity contribution in [2.24, 2.45) is 22.5 Å². The van der Waals surface area contributed by atoms with Crippen molar-refractivity contribution < 1.29 is 9.47 Å². The van der Waals surface area contributed by atoms with Gasteiger partial charge in [-0.1, -0.05) is 27.7 Å². The molecule has 3 aliphatic rings. The van der Waals surface area contributed by atoms with E-state index in [4.69, 9.17) is 15.2 Å². The minimum absolute atomic E-state index is 0.0268.